The SMILES string of the molecule is CN(C(=O)[C@@H]1[C@@H](C(=O)O)[C@H]2C=C[C@H]1C2)[C@@H]1CCS(=O)(=O)C1. The number of carboxylic acid groups (broad SMARTS) is 1. The van der Waals surface area contributed by atoms with Gasteiger partial charge in [0.05, 0.1) is 23.3 Å². The summed E-state index contributed by atoms with van der Waals surface area (Å²) in [6.45, 7) is 0. The highest BCUT2D eigenvalue weighted by molar-refractivity contribution is 7.91. The van der Waals surface area contributed by atoms with Gasteiger partial charge in [-0.2, -0.15) is 0 Å². The second kappa shape index (κ2) is 4.83. The van der Waals surface area contributed by atoms with Gasteiger partial charge in [0.2, 0.25) is 5.91 Å². The van der Waals surface area contributed by atoms with Crippen molar-refractivity contribution in [2.24, 2.45) is 23.7 Å². The zero-order valence-corrected chi connectivity index (χ0v) is 12.6. The molecule has 116 valence electrons. The lowest BCUT2D eigenvalue weighted by Crippen LogP contribution is -2.46. The standard InChI is InChI=1S/C14H19NO5S/c1-15(10-4-5-21(19,20)7-10)13(16)11-8-2-3-9(6-8)12(11)14(17)18/h2-3,8-12H,4-7H2,1H3,(H,17,18)/t8-,9-,10+,11-,12-/m0/s1. The predicted molar refractivity (Wildman–Crippen MR) is 75.2 cm³/mol. The maximum Gasteiger partial charge on any atom is 0.307 e. The monoisotopic (exact) mass is 313 g/mol. The Balaban J connectivity index is 1.78. The number of carboxylic acids is 1. The van der Waals surface area contributed by atoms with Crippen molar-refractivity contribution in [3.05, 3.63) is 12.2 Å². The van der Waals surface area contributed by atoms with Crippen molar-refractivity contribution in [2.45, 2.75) is 18.9 Å². The summed E-state index contributed by atoms with van der Waals surface area (Å²) < 4.78 is 23.1. The van der Waals surface area contributed by atoms with Crippen LogP contribution in [0.25, 0.3) is 0 Å². The molecule has 6 nitrogen and oxygen atoms in total. The third kappa shape index (κ3) is 2.37. The Morgan fingerprint density at radius 2 is 1.81 bits per heavy atom. The molecule has 1 saturated heterocycles. The fourth-order valence-electron chi connectivity index (χ4n) is 3.99. The lowest BCUT2D eigenvalue weighted by molar-refractivity contribution is -0.151. The first kappa shape index (κ1) is 14.6. The van der Waals surface area contributed by atoms with Crippen molar-refractivity contribution in [1.82, 2.24) is 4.90 Å². The van der Waals surface area contributed by atoms with Crippen LogP contribution in [0.4, 0.5) is 0 Å². The van der Waals surface area contributed by atoms with E-state index in [0.717, 1.165) is 0 Å². The second-order valence-corrected chi connectivity index (χ2v) is 8.57. The van der Waals surface area contributed by atoms with Gasteiger partial charge in [-0.15, -0.1) is 0 Å². The molecule has 0 aromatic heterocycles. The van der Waals surface area contributed by atoms with E-state index in [-0.39, 0.29) is 35.3 Å². The van der Waals surface area contributed by atoms with Crippen LogP contribution in [0.15, 0.2) is 12.2 Å². The number of aliphatic carboxylic acids is 1. The van der Waals surface area contributed by atoms with Crippen LogP contribution in [0.3, 0.4) is 0 Å². The summed E-state index contributed by atoms with van der Waals surface area (Å²) in [6.07, 6.45) is 4.99. The van der Waals surface area contributed by atoms with Crippen LogP contribution in [0, 0.1) is 23.7 Å². The van der Waals surface area contributed by atoms with E-state index in [0.29, 0.717) is 12.8 Å². The van der Waals surface area contributed by atoms with Gasteiger partial charge in [-0.25, -0.2) is 8.42 Å². The second-order valence-electron chi connectivity index (χ2n) is 6.34. The lowest BCUT2D eigenvalue weighted by Gasteiger charge is -2.31. The van der Waals surface area contributed by atoms with E-state index in [2.05, 4.69) is 0 Å². The van der Waals surface area contributed by atoms with Crippen LogP contribution in [0.1, 0.15) is 12.8 Å². The molecule has 0 aromatic rings. The van der Waals surface area contributed by atoms with Crippen LogP contribution in [-0.4, -0.2) is 54.9 Å². The van der Waals surface area contributed by atoms with Gasteiger partial charge in [0.15, 0.2) is 9.84 Å². The Morgan fingerprint density at radius 1 is 1.19 bits per heavy atom. The maximum atomic E-state index is 12.7. The normalized spacial score (nSPS) is 39.6. The number of hydrogen-bond acceptors (Lipinski definition) is 4. The van der Waals surface area contributed by atoms with E-state index in [1.807, 2.05) is 12.2 Å². The van der Waals surface area contributed by atoms with Gasteiger partial charge >= 0.3 is 5.97 Å². The quantitative estimate of drug-likeness (QED) is 0.749. The van der Waals surface area contributed by atoms with Crippen molar-refractivity contribution in [2.75, 3.05) is 18.6 Å². The third-order valence-corrected chi connectivity index (χ3v) is 6.88. The number of carbonyl (C=O) groups excluding carboxylic acids is 1. The molecular weight excluding hydrogens is 294 g/mol. The number of fused-ring (bicyclic) bond motifs is 2. The molecule has 1 aliphatic heterocycles. The summed E-state index contributed by atoms with van der Waals surface area (Å²) >= 11 is 0. The summed E-state index contributed by atoms with van der Waals surface area (Å²) in [7, 11) is -1.46. The van der Waals surface area contributed by atoms with E-state index in [1.54, 1.807) is 7.05 Å². The fourth-order valence-corrected chi connectivity index (χ4v) is 5.77. The summed E-state index contributed by atoms with van der Waals surface area (Å²) in [5.41, 5.74) is 0. The Kier molecular flexibility index (Phi) is 3.35. The van der Waals surface area contributed by atoms with Crippen LogP contribution in [0.5, 0.6) is 0 Å². The first-order valence-corrected chi connectivity index (χ1v) is 9.00. The first-order chi connectivity index (χ1) is 9.80. The molecule has 2 aliphatic carbocycles. The molecule has 5 atom stereocenters. The molecular formula is C14H19NO5S. The molecule has 0 unspecified atom stereocenters. The number of sulfone groups is 1. The number of rotatable bonds is 3. The Hall–Kier alpha value is -1.37. The Morgan fingerprint density at radius 3 is 2.33 bits per heavy atom. The summed E-state index contributed by atoms with van der Waals surface area (Å²) in [5.74, 6) is -2.37. The molecule has 1 saturated carbocycles. The zero-order valence-electron chi connectivity index (χ0n) is 11.8. The minimum Gasteiger partial charge on any atom is -0.481 e. The van der Waals surface area contributed by atoms with Crippen LogP contribution < -0.4 is 0 Å². The summed E-state index contributed by atoms with van der Waals surface area (Å²) in [4.78, 5) is 25.6. The van der Waals surface area contributed by atoms with Crippen molar-refractivity contribution < 1.29 is 23.1 Å². The Bertz CT molecular complexity index is 611. The lowest BCUT2D eigenvalue weighted by atomic mass is 9.82. The van der Waals surface area contributed by atoms with Gasteiger partial charge in [-0.3, -0.25) is 9.59 Å². The Labute approximate surface area is 123 Å². The van der Waals surface area contributed by atoms with Gasteiger partial charge < -0.3 is 10.0 Å². The summed E-state index contributed by atoms with van der Waals surface area (Å²) in [5, 5.41) is 9.38. The van der Waals surface area contributed by atoms with Crippen molar-refractivity contribution in [1.29, 1.82) is 0 Å². The molecule has 2 bridgehead atoms. The summed E-state index contributed by atoms with van der Waals surface area (Å²) in [6, 6.07) is -0.319. The molecule has 1 heterocycles. The molecule has 3 rings (SSSR count). The van der Waals surface area contributed by atoms with E-state index in [1.165, 1.54) is 4.90 Å². The molecule has 3 aliphatic rings. The van der Waals surface area contributed by atoms with Crippen LogP contribution >= 0.6 is 0 Å². The minimum absolute atomic E-state index is 0.0103. The van der Waals surface area contributed by atoms with Gasteiger partial charge in [-0.05, 0) is 24.7 Å². The van der Waals surface area contributed by atoms with Crippen molar-refractivity contribution >= 4 is 21.7 Å². The van der Waals surface area contributed by atoms with Gasteiger partial charge in [0.25, 0.3) is 0 Å². The average molecular weight is 313 g/mol. The molecule has 2 fully saturated rings. The largest absolute Gasteiger partial charge is 0.481 e. The predicted octanol–water partition coefficient (Wildman–Crippen LogP) is 0.155. The topological polar surface area (TPSA) is 91.8 Å². The number of nitrogens with zero attached hydrogens (tertiary/aromatic N) is 1. The third-order valence-electron chi connectivity index (χ3n) is 5.13. The molecule has 1 N–H and O–H groups in total. The highest BCUT2D eigenvalue weighted by Gasteiger charge is 2.53. The van der Waals surface area contributed by atoms with Crippen molar-refractivity contribution in [3.63, 3.8) is 0 Å². The molecule has 7 heteroatoms. The van der Waals surface area contributed by atoms with Gasteiger partial charge in [0, 0.05) is 13.1 Å². The van der Waals surface area contributed by atoms with E-state index >= 15 is 0 Å². The highest BCUT2D eigenvalue weighted by Crippen LogP contribution is 2.48. The number of allylic oxidation sites excluding steroid dienone is 2. The number of amides is 1. The zero-order chi connectivity index (χ0) is 15.4. The van der Waals surface area contributed by atoms with Crippen molar-refractivity contribution in [3.8, 4) is 0 Å². The molecule has 21 heavy (non-hydrogen) atoms. The molecule has 0 spiro atoms. The van der Waals surface area contributed by atoms with Crippen LogP contribution in [0.2, 0.25) is 0 Å². The van der Waals surface area contributed by atoms with E-state index in [4.69, 9.17) is 0 Å². The molecule has 0 aromatic carbocycles. The first-order valence-electron chi connectivity index (χ1n) is 7.18. The smallest absolute Gasteiger partial charge is 0.307 e. The van der Waals surface area contributed by atoms with E-state index in [9.17, 15) is 23.1 Å². The van der Waals surface area contributed by atoms with Crippen LogP contribution in [-0.2, 0) is 19.4 Å². The highest BCUT2D eigenvalue weighted by atomic mass is 32.2. The molecule has 0 radical (unpaired) electrons. The average Bonchev–Trinajstić information content (AvgIpc) is 3.09. The number of carbonyl (C=O) groups is 2. The number of hydrogen-bond donors (Lipinski definition) is 1. The maximum absolute atomic E-state index is 12.7. The molecule has 1 amide bonds. The van der Waals surface area contributed by atoms with E-state index < -0.39 is 27.6 Å². The fraction of sp³-hybridized carbons (Fsp3) is 0.714. The van der Waals surface area contributed by atoms with Gasteiger partial charge in [0.1, 0.15) is 0 Å². The minimum atomic E-state index is -3.06. The van der Waals surface area contributed by atoms with Gasteiger partial charge in [-0.1, -0.05) is 12.2 Å².